The van der Waals surface area contributed by atoms with Crippen molar-refractivity contribution in [3.05, 3.63) is 0 Å². The van der Waals surface area contributed by atoms with Gasteiger partial charge in [-0.05, 0) is 6.42 Å². The lowest BCUT2D eigenvalue weighted by Gasteiger charge is -2.23. The molecule has 0 aromatic rings. The number of aliphatic hydroxyl groups excluding tert-OH is 8. The van der Waals surface area contributed by atoms with Gasteiger partial charge in [0, 0.05) is 6.42 Å². The van der Waals surface area contributed by atoms with E-state index in [0.717, 1.165) is 19.3 Å². The highest BCUT2D eigenvalue weighted by Crippen LogP contribution is 2.12. The van der Waals surface area contributed by atoms with Gasteiger partial charge in [0.2, 0.25) is 0 Å². The van der Waals surface area contributed by atoms with Crippen molar-refractivity contribution in [2.24, 2.45) is 10.8 Å². The largest absolute Gasteiger partial charge is 0.481 e. The zero-order valence-corrected chi connectivity index (χ0v) is 15.4. The average molecular weight is 388 g/mol. The van der Waals surface area contributed by atoms with Crippen LogP contribution in [0.3, 0.4) is 0 Å². The molecule has 0 unspecified atom stereocenters. The molecule has 0 heterocycles. The molecule has 0 saturated heterocycles. The van der Waals surface area contributed by atoms with Gasteiger partial charge in [-0.2, -0.15) is 0 Å². The molecule has 0 aromatic heterocycles. The number of carboxylic acid groups (broad SMARTS) is 1. The molecule has 10 heteroatoms. The summed E-state index contributed by atoms with van der Waals surface area (Å²) in [6.07, 6.45) is 3.28. The molecule has 26 heavy (non-hydrogen) atoms. The van der Waals surface area contributed by atoms with Crippen molar-refractivity contribution < 1.29 is 50.8 Å². The Kier molecular flexibility index (Phi) is 21.8. The normalized spacial score (nSPS) is 11.1. The molecule has 0 saturated carbocycles. The number of aliphatic carboxylic acids is 1. The minimum Gasteiger partial charge on any atom is -0.481 e. The maximum absolute atomic E-state index is 9.87. The SMILES string of the molecule is CCCCCC(=O)O.OCC(CO)(CO)CO.OCC(CO)(CO)CO. The van der Waals surface area contributed by atoms with E-state index >= 15 is 0 Å². The Morgan fingerprint density at radius 2 is 0.885 bits per heavy atom. The van der Waals surface area contributed by atoms with Crippen LogP contribution < -0.4 is 0 Å². The highest BCUT2D eigenvalue weighted by atomic mass is 16.4. The van der Waals surface area contributed by atoms with Gasteiger partial charge >= 0.3 is 5.97 Å². The first-order valence-corrected chi connectivity index (χ1v) is 8.35. The predicted octanol–water partition coefficient (Wildman–Crippen LogP) is -2.46. The highest BCUT2D eigenvalue weighted by molar-refractivity contribution is 5.66. The molecule has 0 aliphatic carbocycles. The second kappa shape index (κ2) is 18.9. The third kappa shape index (κ3) is 14.3. The molecule has 0 spiro atoms. The van der Waals surface area contributed by atoms with Crippen LogP contribution in [0.2, 0.25) is 0 Å². The molecular formula is C16H36O10. The van der Waals surface area contributed by atoms with Crippen molar-refractivity contribution in [2.45, 2.75) is 32.6 Å². The van der Waals surface area contributed by atoms with Crippen LogP contribution in [0.15, 0.2) is 0 Å². The lowest BCUT2D eigenvalue weighted by atomic mass is 9.93. The molecule has 0 aliphatic rings. The molecule has 0 fully saturated rings. The summed E-state index contributed by atoms with van der Waals surface area (Å²) in [5.41, 5.74) is -2.22. The standard InChI is InChI=1S/C6H12O2.2C5H12O4/c1-2-3-4-5-6(7)8;2*6-1-5(2-7,3-8)4-9/h2-5H2,1H3,(H,7,8);2*6-9H,1-4H2. The number of unbranched alkanes of at least 4 members (excludes halogenated alkanes) is 2. The number of hydrogen-bond acceptors (Lipinski definition) is 9. The third-order valence-electron chi connectivity index (χ3n) is 3.68. The Morgan fingerprint density at radius 3 is 1.00 bits per heavy atom. The summed E-state index contributed by atoms with van der Waals surface area (Å²) < 4.78 is 0. The van der Waals surface area contributed by atoms with E-state index in [1.165, 1.54) is 0 Å². The smallest absolute Gasteiger partial charge is 0.303 e. The van der Waals surface area contributed by atoms with Gasteiger partial charge in [0.05, 0.1) is 63.7 Å². The summed E-state index contributed by atoms with van der Waals surface area (Å²) in [7, 11) is 0. The number of hydrogen-bond donors (Lipinski definition) is 9. The lowest BCUT2D eigenvalue weighted by molar-refractivity contribution is -0.137. The molecule has 0 atom stereocenters. The summed E-state index contributed by atoms with van der Waals surface area (Å²) in [5, 5.41) is 76.1. The van der Waals surface area contributed by atoms with E-state index < -0.39 is 69.7 Å². The molecule has 0 rings (SSSR count). The molecule has 0 aromatic carbocycles. The summed E-state index contributed by atoms with van der Waals surface area (Å²) in [6.45, 7) is -1.19. The van der Waals surface area contributed by atoms with E-state index in [1.54, 1.807) is 0 Å². The monoisotopic (exact) mass is 388 g/mol. The Bertz CT molecular complexity index is 248. The first-order valence-electron chi connectivity index (χ1n) is 8.35. The van der Waals surface area contributed by atoms with Crippen LogP contribution in [-0.4, -0.2) is 105 Å². The van der Waals surface area contributed by atoms with E-state index in [-0.39, 0.29) is 0 Å². The predicted molar refractivity (Wildman–Crippen MR) is 93.3 cm³/mol. The van der Waals surface area contributed by atoms with Crippen LogP contribution in [0, 0.1) is 10.8 Å². The Labute approximate surface area is 154 Å². The quantitative estimate of drug-likeness (QED) is 0.161. The highest BCUT2D eigenvalue weighted by Gasteiger charge is 2.27. The number of aliphatic hydroxyl groups is 8. The van der Waals surface area contributed by atoms with Crippen LogP contribution in [0.4, 0.5) is 0 Å². The van der Waals surface area contributed by atoms with E-state index in [0.29, 0.717) is 6.42 Å². The molecule has 0 aliphatic heterocycles. The second-order valence-electron chi connectivity index (χ2n) is 6.12. The fraction of sp³-hybridized carbons (Fsp3) is 0.938. The van der Waals surface area contributed by atoms with Crippen molar-refractivity contribution in [1.29, 1.82) is 0 Å². The molecule has 10 nitrogen and oxygen atoms in total. The van der Waals surface area contributed by atoms with Crippen molar-refractivity contribution in [1.82, 2.24) is 0 Å². The molecule has 0 amide bonds. The molecule has 160 valence electrons. The topological polar surface area (TPSA) is 199 Å². The van der Waals surface area contributed by atoms with Crippen LogP contribution in [0.1, 0.15) is 32.6 Å². The van der Waals surface area contributed by atoms with Gasteiger partial charge < -0.3 is 46.0 Å². The average Bonchev–Trinajstić information content (AvgIpc) is 2.67. The summed E-state index contributed by atoms with van der Waals surface area (Å²) in [4.78, 5) is 9.87. The van der Waals surface area contributed by atoms with Gasteiger partial charge in [-0.25, -0.2) is 0 Å². The lowest BCUT2D eigenvalue weighted by Crippen LogP contribution is -2.37. The number of rotatable bonds is 12. The fourth-order valence-corrected chi connectivity index (χ4v) is 1.13. The van der Waals surface area contributed by atoms with Crippen molar-refractivity contribution in [3.63, 3.8) is 0 Å². The first kappa shape index (κ1) is 29.9. The molecule has 9 N–H and O–H groups in total. The molecular weight excluding hydrogens is 352 g/mol. The summed E-state index contributed by atoms with van der Waals surface area (Å²) >= 11 is 0. The zero-order valence-electron chi connectivity index (χ0n) is 15.4. The van der Waals surface area contributed by atoms with E-state index in [1.807, 2.05) is 0 Å². The number of carboxylic acids is 1. The van der Waals surface area contributed by atoms with Crippen LogP contribution in [0.5, 0.6) is 0 Å². The van der Waals surface area contributed by atoms with Gasteiger partial charge in [0.25, 0.3) is 0 Å². The number of carbonyl (C=O) groups is 1. The van der Waals surface area contributed by atoms with Gasteiger partial charge in [-0.3, -0.25) is 4.79 Å². The van der Waals surface area contributed by atoms with Gasteiger partial charge in [-0.1, -0.05) is 19.8 Å². The Balaban J connectivity index is -0.000000306. The molecule has 0 radical (unpaired) electrons. The summed E-state index contributed by atoms with van der Waals surface area (Å²) in [5.74, 6) is -0.682. The molecule has 0 bridgehead atoms. The van der Waals surface area contributed by atoms with E-state index in [2.05, 4.69) is 6.92 Å². The fourth-order valence-electron chi connectivity index (χ4n) is 1.13. The Hall–Kier alpha value is -0.850. The van der Waals surface area contributed by atoms with Gasteiger partial charge in [0.15, 0.2) is 0 Å². The van der Waals surface area contributed by atoms with Crippen LogP contribution in [0.25, 0.3) is 0 Å². The van der Waals surface area contributed by atoms with Gasteiger partial charge in [0.1, 0.15) is 0 Å². The maximum atomic E-state index is 9.87. The van der Waals surface area contributed by atoms with Gasteiger partial charge in [-0.15, -0.1) is 0 Å². The van der Waals surface area contributed by atoms with Crippen LogP contribution >= 0.6 is 0 Å². The first-order chi connectivity index (χ1) is 12.3. The minimum atomic E-state index is -1.11. The van der Waals surface area contributed by atoms with E-state index in [9.17, 15) is 4.79 Å². The summed E-state index contributed by atoms with van der Waals surface area (Å²) in [6, 6.07) is 0. The van der Waals surface area contributed by atoms with Crippen molar-refractivity contribution in [3.8, 4) is 0 Å². The van der Waals surface area contributed by atoms with Crippen molar-refractivity contribution in [2.75, 3.05) is 52.9 Å². The van der Waals surface area contributed by atoms with Crippen molar-refractivity contribution >= 4 is 5.97 Å². The zero-order chi connectivity index (χ0) is 21.1. The van der Waals surface area contributed by atoms with E-state index in [4.69, 9.17) is 46.0 Å². The van der Waals surface area contributed by atoms with Crippen LogP contribution in [-0.2, 0) is 4.79 Å². The second-order valence-corrected chi connectivity index (χ2v) is 6.12. The third-order valence-corrected chi connectivity index (χ3v) is 3.68. The maximum Gasteiger partial charge on any atom is 0.303 e. The Morgan fingerprint density at radius 1 is 0.615 bits per heavy atom. The minimum absolute atomic E-state index is 0.327.